The van der Waals surface area contributed by atoms with Gasteiger partial charge in [0.1, 0.15) is 0 Å². The van der Waals surface area contributed by atoms with Crippen LogP contribution in [0.15, 0.2) is 52.5 Å². The Morgan fingerprint density at radius 2 is 2.12 bits per heavy atom. The monoisotopic (exact) mass is 212 g/mol. The lowest BCUT2D eigenvalue weighted by molar-refractivity contribution is 1.00. The van der Waals surface area contributed by atoms with E-state index in [2.05, 4.69) is 20.4 Å². The van der Waals surface area contributed by atoms with Gasteiger partial charge < -0.3 is 0 Å². The van der Waals surface area contributed by atoms with E-state index in [1.807, 2.05) is 44.2 Å². The summed E-state index contributed by atoms with van der Waals surface area (Å²) in [5, 5.41) is 18.0. The first-order valence-electron chi connectivity index (χ1n) is 5.06. The van der Waals surface area contributed by atoms with Crippen molar-refractivity contribution in [2.75, 3.05) is 0 Å². The van der Waals surface area contributed by atoms with Crippen molar-refractivity contribution in [2.24, 2.45) is 10.2 Å². The molecule has 0 aliphatic heterocycles. The van der Waals surface area contributed by atoms with Gasteiger partial charge in [0.05, 0.1) is 11.9 Å². The molecule has 4 heteroatoms. The first kappa shape index (κ1) is 10.4. The zero-order valence-electron chi connectivity index (χ0n) is 9.25. The Labute approximate surface area is 93.7 Å². The lowest BCUT2D eigenvalue weighted by atomic mass is 10.2. The van der Waals surface area contributed by atoms with Crippen LogP contribution in [-0.4, -0.2) is 10.2 Å². The van der Waals surface area contributed by atoms with Crippen LogP contribution >= 0.6 is 0 Å². The molecule has 0 bridgehead atoms. The lowest BCUT2D eigenvalue weighted by Gasteiger charge is -1.97. The van der Waals surface area contributed by atoms with E-state index in [1.165, 1.54) is 0 Å². The molecule has 2 aromatic rings. The zero-order valence-corrected chi connectivity index (χ0v) is 9.25. The molecule has 0 radical (unpaired) electrons. The second-order valence-corrected chi connectivity index (χ2v) is 3.39. The fraction of sp³-hybridized carbons (Fsp3) is 0.167. The summed E-state index contributed by atoms with van der Waals surface area (Å²) in [4.78, 5) is 0. The number of fused-ring (bicyclic) bond motifs is 1. The van der Waals surface area contributed by atoms with Crippen molar-refractivity contribution in [3.05, 3.63) is 42.2 Å². The molecule has 80 valence electrons. The highest BCUT2D eigenvalue weighted by Crippen LogP contribution is 2.22. The number of rotatable bonds is 2. The summed E-state index contributed by atoms with van der Waals surface area (Å²) in [7, 11) is 0. The number of hydrogen-bond donors (Lipinski definition) is 0. The molecule has 4 nitrogen and oxygen atoms in total. The van der Waals surface area contributed by atoms with Gasteiger partial charge >= 0.3 is 0 Å². The minimum Gasteiger partial charge on any atom is -0.156 e. The summed E-state index contributed by atoms with van der Waals surface area (Å²) in [6.07, 6.45) is 3.61. The molecule has 1 aromatic carbocycles. The van der Waals surface area contributed by atoms with Crippen molar-refractivity contribution >= 4 is 16.6 Å². The predicted octanol–water partition coefficient (Wildman–Crippen LogP) is 3.64. The molecule has 0 amide bonds. The van der Waals surface area contributed by atoms with Gasteiger partial charge in [-0.25, -0.2) is 0 Å². The van der Waals surface area contributed by atoms with Crippen molar-refractivity contribution in [3.63, 3.8) is 0 Å². The van der Waals surface area contributed by atoms with Crippen LogP contribution in [0.1, 0.15) is 13.8 Å². The van der Waals surface area contributed by atoms with E-state index in [9.17, 15) is 0 Å². The van der Waals surface area contributed by atoms with Crippen LogP contribution in [0.2, 0.25) is 0 Å². The fourth-order valence-corrected chi connectivity index (χ4v) is 1.27. The van der Waals surface area contributed by atoms with Crippen LogP contribution in [0.4, 0.5) is 5.82 Å². The Hall–Kier alpha value is -2.10. The van der Waals surface area contributed by atoms with Crippen LogP contribution in [0, 0.1) is 0 Å². The quantitative estimate of drug-likeness (QED) is 0.713. The van der Waals surface area contributed by atoms with Crippen LogP contribution < -0.4 is 0 Å². The number of azo groups is 1. The Balaban J connectivity index is 2.49. The summed E-state index contributed by atoms with van der Waals surface area (Å²) in [6, 6.07) is 7.85. The third kappa shape index (κ3) is 2.11. The van der Waals surface area contributed by atoms with Gasteiger partial charge in [0.15, 0.2) is 0 Å². The molecule has 0 saturated heterocycles. The average Bonchev–Trinajstić information content (AvgIpc) is 2.35. The molecular formula is C12H12N4. The summed E-state index contributed by atoms with van der Waals surface area (Å²) in [5.41, 5.74) is 0.856. The maximum Gasteiger partial charge on any atom is 0.204 e. The SMILES string of the molecule is CC=C(C)N=Nc1nncc2ccccc12. The standard InChI is InChI=1S/C12H12N4/c1-3-9(2)14-16-12-11-7-5-4-6-10(11)8-13-15-12/h3-8H,1-2H3. The molecule has 0 aliphatic carbocycles. The van der Waals surface area contributed by atoms with Crippen molar-refractivity contribution in [1.82, 2.24) is 10.2 Å². The molecule has 0 fully saturated rings. The predicted molar refractivity (Wildman–Crippen MR) is 63.5 cm³/mol. The number of benzene rings is 1. The number of allylic oxidation sites excluding steroid dienone is 2. The molecule has 0 atom stereocenters. The zero-order chi connectivity index (χ0) is 11.4. The van der Waals surface area contributed by atoms with Gasteiger partial charge in [-0.2, -0.15) is 10.2 Å². The van der Waals surface area contributed by atoms with E-state index in [-0.39, 0.29) is 0 Å². The van der Waals surface area contributed by atoms with Gasteiger partial charge in [-0.05, 0) is 13.8 Å². The van der Waals surface area contributed by atoms with Gasteiger partial charge in [0.25, 0.3) is 0 Å². The van der Waals surface area contributed by atoms with E-state index in [1.54, 1.807) is 6.20 Å². The molecular weight excluding hydrogens is 200 g/mol. The van der Waals surface area contributed by atoms with Gasteiger partial charge in [-0.3, -0.25) is 0 Å². The van der Waals surface area contributed by atoms with Crippen molar-refractivity contribution in [2.45, 2.75) is 13.8 Å². The summed E-state index contributed by atoms with van der Waals surface area (Å²) in [6.45, 7) is 3.81. The average molecular weight is 212 g/mol. The van der Waals surface area contributed by atoms with Crippen LogP contribution in [0.5, 0.6) is 0 Å². The molecule has 1 aromatic heterocycles. The first-order valence-corrected chi connectivity index (χ1v) is 5.06. The molecule has 0 aliphatic rings. The second kappa shape index (κ2) is 4.61. The summed E-state index contributed by atoms with van der Waals surface area (Å²) >= 11 is 0. The van der Waals surface area contributed by atoms with E-state index in [4.69, 9.17) is 0 Å². The number of nitrogens with zero attached hydrogens (tertiary/aromatic N) is 4. The highest BCUT2D eigenvalue weighted by molar-refractivity contribution is 5.89. The number of hydrogen-bond acceptors (Lipinski definition) is 4. The molecule has 1 heterocycles. The van der Waals surface area contributed by atoms with Crippen LogP contribution in [0.25, 0.3) is 10.8 Å². The van der Waals surface area contributed by atoms with Gasteiger partial charge in [0.2, 0.25) is 5.82 Å². The summed E-state index contributed by atoms with van der Waals surface area (Å²) in [5.74, 6) is 0.555. The minimum atomic E-state index is 0.555. The molecule has 0 spiro atoms. The first-order chi connectivity index (χ1) is 7.81. The second-order valence-electron chi connectivity index (χ2n) is 3.39. The van der Waals surface area contributed by atoms with Gasteiger partial charge in [-0.15, -0.1) is 10.2 Å². The molecule has 0 saturated carbocycles. The Morgan fingerprint density at radius 3 is 2.94 bits per heavy atom. The third-order valence-electron chi connectivity index (χ3n) is 2.27. The maximum absolute atomic E-state index is 4.09. The van der Waals surface area contributed by atoms with Gasteiger partial charge in [0, 0.05) is 10.8 Å². The highest BCUT2D eigenvalue weighted by Gasteiger charge is 2.00. The number of aromatic nitrogens is 2. The van der Waals surface area contributed by atoms with Gasteiger partial charge in [-0.1, -0.05) is 30.3 Å². The fourth-order valence-electron chi connectivity index (χ4n) is 1.27. The smallest absolute Gasteiger partial charge is 0.156 e. The topological polar surface area (TPSA) is 50.5 Å². The minimum absolute atomic E-state index is 0.555. The van der Waals surface area contributed by atoms with E-state index in [0.29, 0.717) is 5.82 Å². The van der Waals surface area contributed by atoms with Crippen LogP contribution in [0.3, 0.4) is 0 Å². The Bertz CT molecular complexity index is 552. The van der Waals surface area contributed by atoms with E-state index >= 15 is 0 Å². The van der Waals surface area contributed by atoms with Crippen molar-refractivity contribution in [1.29, 1.82) is 0 Å². The molecule has 0 N–H and O–H groups in total. The van der Waals surface area contributed by atoms with Crippen LogP contribution in [-0.2, 0) is 0 Å². The summed E-state index contributed by atoms with van der Waals surface area (Å²) < 4.78 is 0. The highest BCUT2D eigenvalue weighted by atomic mass is 15.2. The molecule has 0 unspecified atom stereocenters. The normalized spacial score (nSPS) is 12.5. The van der Waals surface area contributed by atoms with Crippen molar-refractivity contribution in [3.8, 4) is 0 Å². The molecule has 16 heavy (non-hydrogen) atoms. The Kier molecular flexibility index (Phi) is 3.00. The van der Waals surface area contributed by atoms with E-state index < -0.39 is 0 Å². The van der Waals surface area contributed by atoms with E-state index in [0.717, 1.165) is 16.5 Å². The Morgan fingerprint density at radius 1 is 1.31 bits per heavy atom. The third-order valence-corrected chi connectivity index (χ3v) is 2.27. The lowest BCUT2D eigenvalue weighted by Crippen LogP contribution is -1.82. The van der Waals surface area contributed by atoms with Crippen molar-refractivity contribution < 1.29 is 0 Å². The largest absolute Gasteiger partial charge is 0.204 e. The maximum atomic E-state index is 4.09. The molecule has 2 rings (SSSR count).